The first-order chi connectivity index (χ1) is 8.30. The molecule has 9 heteroatoms. The first-order valence-electron chi connectivity index (χ1n) is 5.58. The van der Waals surface area contributed by atoms with Gasteiger partial charge in [0, 0.05) is 20.1 Å². The van der Waals surface area contributed by atoms with Crippen LogP contribution in [0, 0.1) is 0 Å². The van der Waals surface area contributed by atoms with Crippen LogP contribution < -0.4 is 0 Å². The van der Waals surface area contributed by atoms with E-state index < -0.39 is 15.6 Å². The van der Waals surface area contributed by atoms with Crippen molar-refractivity contribution in [3.8, 4) is 0 Å². The molecule has 0 aromatic carbocycles. The molecule has 7 nitrogen and oxygen atoms in total. The van der Waals surface area contributed by atoms with Crippen LogP contribution in [0.15, 0.2) is 9.63 Å². The van der Waals surface area contributed by atoms with Crippen molar-refractivity contribution < 1.29 is 13.5 Å². The molecule has 1 N–H and O–H groups in total. The summed E-state index contributed by atoms with van der Waals surface area (Å²) in [5, 5.41) is 17.3. The molecule has 1 aliphatic rings. The number of rotatable bonds is 4. The number of hydrogen-bond donors (Lipinski definition) is 1. The molecule has 1 fully saturated rings. The van der Waals surface area contributed by atoms with Crippen LogP contribution in [-0.2, 0) is 17.1 Å². The van der Waals surface area contributed by atoms with Gasteiger partial charge in [0.15, 0.2) is 4.60 Å². The first kappa shape index (κ1) is 13.9. The van der Waals surface area contributed by atoms with Crippen LogP contribution in [0.4, 0.5) is 0 Å². The average molecular weight is 339 g/mol. The smallest absolute Gasteiger partial charge is 0.263 e. The van der Waals surface area contributed by atoms with Crippen LogP contribution in [0.25, 0.3) is 0 Å². The van der Waals surface area contributed by atoms with Gasteiger partial charge in [-0.1, -0.05) is 18.6 Å². The lowest BCUT2D eigenvalue weighted by atomic mass is 9.92. The highest BCUT2D eigenvalue weighted by atomic mass is 79.9. The standard InChI is InChI=1S/C9H15BrN4O3S/c1-3-4-9(15)5-14(6-9)18(16,17)8-7(10)11-12-13(8)2/h15H,3-6H2,1-2H3. The minimum atomic E-state index is -3.65. The van der Waals surface area contributed by atoms with Crippen molar-refractivity contribution in [2.45, 2.75) is 30.4 Å². The lowest BCUT2D eigenvalue weighted by Crippen LogP contribution is -2.63. The number of hydrogen-bond acceptors (Lipinski definition) is 5. The van der Waals surface area contributed by atoms with Crippen LogP contribution >= 0.6 is 15.9 Å². The number of sulfonamides is 1. The van der Waals surface area contributed by atoms with Crippen molar-refractivity contribution in [2.75, 3.05) is 13.1 Å². The quantitative estimate of drug-likeness (QED) is 0.841. The molecule has 2 heterocycles. The molecule has 0 aliphatic carbocycles. The number of β-amino-alcohol motifs (C(OH)–C–C–N with tert-alkyl or cyclic N) is 1. The maximum Gasteiger partial charge on any atom is 0.263 e. The summed E-state index contributed by atoms with van der Waals surface area (Å²) in [5.41, 5.74) is -0.889. The van der Waals surface area contributed by atoms with E-state index in [1.54, 1.807) is 0 Å². The van der Waals surface area contributed by atoms with E-state index in [0.29, 0.717) is 6.42 Å². The van der Waals surface area contributed by atoms with Crippen molar-refractivity contribution in [1.82, 2.24) is 19.3 Å². The Kier molecular flexibility index (Phi) is 3.52. The van der Waals surface area contributed by atoms with E-state index >= 15 is 0 Å². The number of aromatic nitrogens is 3. The van der Waals surface area contributed by atoms with E-state index in [1.807, 2.05) is 6.92 Å². The van der Waals surface area contributed by atoms with Gasteiger partial charge in [-0.3, -0.25) is 0 Å². The number of nitrogens with zero attached hydrogens (tertiary/aromatic N) is 4. The molecule has 102 valence electrons. The van der Waals surface area contributed by atoms with Crippen molar-refractivity contribution in [3.63, 3.8) is 0 Å². The zero-order valence-electron chi connectivity index (χ0n) is 10.2. The Morgan fingerprint density at radius 2 is 2.11 bits per heavy atom. The van der Waals surface area contributed by atoms with Gasteiger partial charge < -0.3 is 5.11 Å². The highest BCUT2D eigenvalue weighted by Gasteiger charge is 2.48. The average Bonchev–Trinajstić information content (AvgIpc) is 2.55. The predicted molar refractivity (Wildman–Crippen MR) is 67.3 cm³/mol. The molecule has 0 unspecified atom stereocenters. The molecular formula is C9H15BrN4O3S. The maximum absolute atomic E-state index is 12.3. The van der Waals surface area contributed by atoms with Crippen LogP contribution in [0.1, 0.15) is 19.8 Å². The molecule has 0 saturated carbocycles. The van der Waals surface area contributed by atoms with Crippen LogP contribution in [0.2, 0.25) is 0 Å². The van der Waals surface area contributed by atoms with E-state index in [0.717, 1.165) is 6.42 Å². The first-order valence-corrected chi connectivity index (χ1v) is 7.81. The monoisotopic (exact) mass is 338 g/mol. The summed E-state index contributed by atoms with van der Waals surface area (Å²) in [4.78, 5) is 0. The Labute approximate surface area is 114 Å². The number of halogens is 1. The molecule has 0 atom stereocenters. The summed E-state index contributed by atoms with van der Waals surface area (Å²) in [6, 6.07) is 0. The summed E-state index contributed by atoms with van der Waals surface area (Å²) >= 11 is 3.07. The third kappa shape index (κ3) is 2.20. The van der Waals surface area contributed by atoms with E-state index in [2.05, 4.69) is 26.2 Å². The zero-order valence-corrected chi connectivity index (χ0v) is 12.6. The fraction of sp³-hybridized carbons (Fsp3) is 0.778. The largest absolute Gasteiger partial charge is 0.387 e. The van der Waals surface area contributed by atoms with Gasteiger partial charge in [0.1, 0.15) is 0 Å². The SMILES string of the molecule is CCCC1(O)CN(S(=O)(=O)c2c(Br)nnn2C)C1. The molecular weight excluding hydrogens is 324 g/mol. The normalized spacial score (nSPS) is 19.8. The molecule has 1 aromatic rings. The van der Waals surface area contributed by atoms with Gasteiger partial charge in [0.05, 0.1) is 5.60 Å². The Morgan fingerprint density at radius 1 is 1.50 bits per heavy atom. The fourth-order valence-electron chi connectivity index (χ4n) is 2.12. The van der Waals surface area contributed by atoms with Crippen molar-refractivity contribution in [2.24, 2.45) is 7.05 Å². The number of aliphatic hydroxyl groups is 1. The third-order valence-electron chi connectivity index (χ3n) is 2.98. The van der Waals surface area contributed by atoms with Crippen molar-refractivity contribution in [3.05, 3.63) is 4.60 Å². The highest BCUT2D eigenvalue weighted by molar-refractivity contribution is 9.10. The van der Waals surface area contributed by atoms with Gasteiger partial charge in [0.2, 0.25) is 5.03 Å². The van der Waals surface area contributed by atoms with Gasteiger partial charge in [-0.05, 0) is 22.4 Å². The fourth-order valence-corrected chi connectivity index (χ4v) is 4.75. The lowest BCUT2D eigenvalue weighted by molar-refractivity contribution is -0.0655. The second-order valence-corrected chi connectivity index (χ2v) is 7.16. The van der Waals surface area contributed by atoms with Gasteiger partial charge in [-0.2, -0.15) is 4.31 Å². The van der Waals surface area contributed by atoms with Gasteiger partial charge >= 0.3 is 0 Å². The zero-order chi connectivity index (χ0) is 13.6. The molecule has 0 radical (unpaired) electrons. The summed E-state index contributed by atoms with van der Waals surface area (Å²) in [6.07, 6.45) is 1.42. The van der Waals surface area contributed by atoms with E-state index in [1.165, 1.54) is 16.0 Å². The van der Waals surface area contributed by atoms with E-state index in [-0.39, 0.29) is 22.7 Å². The second-order valence-electron chi connectivity index (χ2n) is 4.56. The Bertz CT molecular complexity index is 531. The van der Waals surface area contributed by atoms with E-state index in [9.17, 15) is 13.5 Å². The molecule has 1 aromatic heterocycles. The van der Waals surface area contributed by atoms with Gasteiger partial charge in [0.25, 0.3) is 10.0 Å². The second kappa shape index (κ2) is 4.55. The summed E-state index contributed by atoms with van der Waals surface area (Å²) in [7, 11) is -2.13. The highest BCUT2D eigenvalue weighted by Crippen LogP contribution is 2.32. The van der Waals surface area contributed by atoms with E-state index in [4.69, 9.17) is 0 Å². The van der Waals surface area contributed by atoms with Crippen LogP contribution in [0.5, 0.6) is 0 Å². The third-order valence-corrected chi connectivity index (χ3v) is 5.66. The van der Waals surface area contributed by atoms with Crippen LogP contribution in [0.3, 0.4) is 0 Å². The molecule has 0 bridgehead atoms. The topological polar surface area (TPSA) is 88.3 Å². The van der Waals surface area contributed by atoms with Gasteiger partial charge in [-0.25, -0.2) is 13.1 Å². The number of aryl methyl sites for hydroxylation is 1. The minimum Gasteiger partial charge on any atom is -0.387 e. The maximum atomic E-state index is 12.3. The summed E-state index contributed by atoms with van der Waals surface area (Å²) < 4.78 is 27.2. The summed E-state index contributed by atoms with van der Waals surface area (Å²) in [5.74, 6) is 0. The predicted octanol–water partition coefficient (Wildman–Crippen LogP) is 0.113. The molecule has 1 saturated heterocycles. The van der Waals surface area contributed by atoms with Crippen LogP contribution in [-0.4, -0.2) is 51.5 Å². The lowest BCUT2D eigenvalue weighted by Gasteiger charge is -2.45. The van der Waals surface area contributed by atoms with Crippen molar-refractivity contribution in [1.29, 1.82) is 0 Å². The molecule has 18 heavy (non-hydrogen) atoms. The molecule has 2 rings (SSSR count). The van der Waals surface area contributed by atoms with Crippen molar-refractivity contribution >= 4 is 26.0 Å². The van der Waals surface area contributed by atoms with Gasteiger partial charge in [-0.15, -0.1) is 5.10 Å². The minimum absolute atomic E-state index is 0.0149. The summed E-state index contributed by atoms with van der Waals surface area (Å²) in [6.45, 7) is 2.21. The Morgan fingerprint density at radius 3 is 2.56 bits per heavy atom. The Hall–Kier alpha value is -0.510. The Balaban J connectivity index is 2.21. The molecule has 1 aliphatic heterocycles. The molecule has 0 spiro atoms. The molecule has 0 amide bonds.